The van der Waals surface area contributed by atoms with Crippen molar-refractivity contribution in [2.75, 3.05) is 33.0 Å². The monoisotopic (exact) mass is 562 g/mol. The fourth-order valence-corrected chi connectivity index (χ4v) is 8.37. The van der Waals surface area contributed by atoms with Gasteiger partial charge in [-0.3, -0.25) is 4.79 Å². The normalized spacial score (nSPS) is 25.8. The number of hydrogen-bond donors (Lipinski definition) is 1. The van der Waals surface area contributed by atoms with Crippen molar-refractivity contribution in [2.24, 2.45) is 5.92 Å². The van der Waals surface area contributed by atoms with Crippen LogP contribution in [0.2, 0.25) is 18.1 Å². The van der Waals surface area contributed by atoms with Crippen molar-refractivity contribution >= 4 is 43.8 Å². The summed E-state index contributed by atoms with van der Waals surface area (Å²) in [5, 5.41) is 3.18. The smallest absolute Gasteiger partial charge is 0.410 e. The van der Waals surface area contributed by atoms with Crippen LogP contribution in [0, 0.1) is 5.92 Å². The Morgan fingerprint density at radius 3 is 2.61 bits per heavy atom. The number of alkyl halides is 1. The maximum absolute atomic E-state index is 12.6. The van der Waals surface area contributed by atoms with Crippen LogP contribution in [0.1, 0.15) is 41.0 Å². The molecule has 2 saturated heterocycles. The van der Waals surface area contributed by atoms with Gasteiger partial charge in [0, 0.05) is 16.0 Å². The van der Waals surface area contributed by atoms with E-state index < -0.39 is 21.1 Å². The molecule has 0 aromatic rings. The summed E-state index contributed by atoms with van der Waals surface area (Å²) in [4.78, 5) is 26.7. The molecule has 11 heteroatoms. The first-order valence-corrected chi connectivity index (χ1v) is 17.2. The highest BCUT2D eigenvalue weighted by atomic mass is 32.2. The van der Waals surface area contributed by atoms with E-state index in [4.69, 9.17) is 13.9 Å². The van der Waals surface area contributed by atoms with Gasteiger partial charge in [-0.1, -0.05) is 51.3 Å². The Kier molecular flexibility index (Phi) is 11.9. The van der Waals surface area contributed by atoms with E-state index in [9.17, 15) is 14.0 Å². The summed E-state index contributed by atoms with van der Waals surface area (Å²) in [6.45, 7) is 18.9. The summed E-state index contributed by atoms with van der Waals surface area (Å²) in [5.41, 5.74) is 0. The van der Waals surface area contributed by atoms with Crippen molar-refractivity contribution in [3.8, 4) is 0 Å². The zero-order chi connectivity index (χ0) is 27.1. The Morgan fingerprint density at radius 2 is 2.06 bits per heavy atom. The molecule has 2 aliphatic heterocycles. The minimum atomic E-state index is -2.00. The molecule has 0 spiro atoms. The van der Waals surface area contributed by atoms with Crippen LogP contribution in [0.15, 0.2) is 23.0 Å². The molecule has 2 aliphatic rings. The number of thioether (sulfide) groups is 2. The fourth-order valence-electron chi connectivity index (χ4n) is 3.93. The lowest BCUT2D eigenvalue weighted by Crippen LogP contribution is -2.62. The van der Waals surface area contributed by atoms with Gasteiger partial charge < -0.3 is 24.1 Å². The van der Waals surface area contributed by atoms with Crippen LogP contribution in [-0.4, -0.2) is 81.0 Å². The standard InChI is InChI=1S/C25H43FN2O5S2Si/c1-9-12-32-24(30)28-15-19(14-18(28)16-31-13-11-26)34-20(10-2)35-23-21(22(29)27-23)17(3)33-36(7,8)25(4,5)6/h9-10,17-19,21,23H,1,11-16H2,2-8H3,(H,27,29)/b20-10-/t17-,18+,19+,21+,23-/m1/s1. The molecular formula is C25H43FN2O5S2Si. The molecule has 2 heterocycles. The lowest BCUT2D eigenvalue weighted by atomic mass is 9.96. The third-order valence-electron chi connectivity index (χ3n) is 6.93. The molecule has 2 rings (SSSR count). The Balaban J connectivity index is 2.00. The van der Waals surface area contributed by atoms with E-state index in [2.05, 4.69) is 45.8 Å². The number of likely N-dealkylation sites (tertiary alicyclic amines) is 1. The SMILES string of the molecule is C=CCOC(=O)N1C[C@@H](S/C(=C/C)S[C@H]2NC(=O)[C@@H]2[C@@H](C)O[Si](C)(C)C(C)(C)C)C[C@H]1COCCF. The summed E-state index contributed by atoms with van der Waals surface area (Å²) >= 11 is 3.33. The summed E-state index contributed by atoms with van der Waals surface area (Å²) in [6.07, 6.45) is 3.71. The van der Waals surface area contributed by atoms with Crippen LogP contribution in [0.5, 0.6) is 0 Å². The minimum absolute atomic E-state index is 0.0116. The number of carbonyl (C=O) groups is 2. The fraction of sp³-hybridized carbons (Fsp3) is 0.760. The molecule has 0 aromatic heterocycles. The molecule has 36 heavy (non-hydrogen) atoms. The topological polar surface area (TPSA) is 77.1 Å². The Hall–Kier alpha value is -1.01. The highest BCUT2D eigenvalue weighted by Gasteiger charge is 2.48. The van der Waals surface area contributed by atoms with Crippen LogP contribution in [-0.2, 0) is 18.7 Å². The average Bonchev–Trinajstić information content (AvgIpc) is 3.17. The first-order chi connectivity index (χ1) is 16.8. The second-order valence-electron chi connectivity index (χ2n) is 10.7. The van der Waals surface area contributed by atoms with Crippen molar-refractivity contribution in [3.63, 3.8) is 0 Å². The highest BCUT2D eigenvalue weighted by molar-refractivity contribution is 8.22. The molecule has 2 amide bonds. The molecule has 0 saturated carbocycles. The molecular weight excluding hydrogens is 520 g/mol. The van der Waals surface area contributed by atoms with E-state index in [0.717, 1.165) is 4.24 Å². The Morgan fingerprint density at radius 1 is 1.36 bits per heavy atom. The van der Waals surface area contributed by atoms with Crippen LogP contribution >= 0.6 is 23.5 Å². The van der Waals surface area contributed by atoms with Gasteiger partial charge in [0.1, 0.15) is 13.3 Å². The van der Waals surface area contributed by atoms with Crippen LogP contribution < -0.4 is 5.32 Å². The van der Waals surface area contributed by atoms with Gasteiger partial charge in [-0.25, -0.2) is 9.18 Å². The molecule has 1 N–H and O–H groups in total. The second-order valence-corrected chi connectivity index (χ2v) is 18.2. The van der Waals surface area contributed by atoms with Crippen molar-refractivity contribution in [1.82, 2.24) is 10.2 Å². The first-order valence-electron chi connectivity index (χ1n) is 12.5. The van der Waals surface area contributed by atoms with Gasteiger partial charge in [0.15, 0.2) is 8.32 Å². The van der Waals surface area contributed by atoms with Crippen molar-refractivity contribution in [1.29, 1.82) is 0 Å². The van der Waals surface area contributed by atoms with Crippen LogP contribution in [0.25, 0.3) is 0 Å². The number of rotatable bonds is 13. The van der Waals surface area contributed by atoms with E-state index in [1.807, 2.05) is 19.9 Å². The predicted molar refractivity (Wildman–Crippen MR) is 149 cm³/mol. The van der Waals surface area contributed by atoms with Gasteiger partial charge in [-0.2, -0.15) is 0 Å². The molecule has 7 nitrogen and oxygen atoms in total. The molecule has 206 valence electrons. The predicted octanol–water partition coefficient (Wildman–Crippen LogP) is 5.55. The van der Waals surface area contributed by atoms with Gasteiger partial charge >= 0.3 is 6.09 Å². The lowest BCUT2D eigenvalue weighted by Gasteiger charge is -2.45. The number of carbonyl (C=O) groups excluding carboxylic acids is 2. The number of ether oxygens (including phenoxy) is 2. The van der Waals surface area contributed by atoms with E-state index in [0.29, 0.717) is 13.0 Å². The summed E-state index contributed by atoms with van der Waals surface area (Å²) in [6, 6.07) is -0.177. The number of hydrogen-bond acceptors (Lipinski definition) is 7. The van der Waals surface area contributed by atoms with Crippen molar-refractivity contribution in [3.05, 3.63) is 23.0 Å². The van der Waals surface area contributed by atoms with Gasteiger partial charge in [-0.05, 0) is 38.4 Å². The van der Waals surface area contributed by atoms with E-state index in [1.54, 1.807) is 28.4 Å². The van der Waals surface area contributed by atoms with Crippen LogP contribution in [0.3, 0.4) is 0 Å². The maximum atomic E-state index is 12.6. The number of allylic oxidation sites excluding steroid dienone is 1. The molecule has 0 bridgehead atoms. The van der Waals surface area contributed by atoms with Gasteiger partial charge in [0.25, 0.3) is 0 Å². The maximum Gasteiger partial charge on any atom is 0.410 e. The zero-order valence-electron chi connectivity index (χ0n) is 22.7. The summed E-state index contributed by atoms with van der Waals surface area (Å²) in [5.74, 6) is -0.184. The van der Waals surface area contributed by atoms with Gasteiger partial charge in [0.05, 0.1) is 36.7 Å². The lowest BCUT2D eigenvalue weighted by molar-refractivity contribution is -0.136. The van der Waals surface area contributed by atoms with Gasteiger partial charge in [0.2, 0.25) is 5.91 Å². The number of nitrogens with one attached hydrogen (secondary N) is 1. The average molecular weight is 563 g/mol. The van der Waals surface area contributed by atoms with E-state index >= 15 is 0 Å². The molecule has 0 unspecified atom stereocenters. The van der Waals surface area contributed by atoms with Crippen molar-refractivity contribution in [2.45, 2.75) is 81.9 Å². The first kappa shape index (κ1) is 31.2. The van der Waals surface area contributed by atoms with Crippen molar-refractivity contribution < 1.29 is 27.9 Å². The second kappa shape index (κ2) is 13.7. The van der Waals surface area contributed by atoms with Gasteiger partial charge in [-0.15, -0.1) is 11.8 Å². The summed E-state index contributed by atoms with van der Waals surface area (Å²) in [7, 11) is -2.00. The van der Waals surface area contributed by atoms with E-state index in [-0.39, 0.29) is 59.5 Å². The number of nitrogens with zero attached hydrogens (tertiary/aromatic N) is 1. The zero-order valence-corrected chi connectivity index (χ0v) is 25.3. The Labute approximate surface area is 225 Å². The summed E-state index contributed by atoms with van der Waals surface area (Å²) < 4.78 is 30.8. The number of β-lactam (4-membered cyclic amide) rings is 1. The number of amides is 2. The largest absolute Gasteiger partial charge is 0.445 e. The minimum Gasteiger partial charge on any atom is -0.445 e. The third-order valence-corrected chi connectivity index (χ3v) is 14.4. The third kappa shape index (κ3) is 8.24. The molecule has 2 fully saturated rings. The molecule has 0 aromatic carbocycles. The number of halogens is 1. The Bertz CT molecular complexity index is 808. The van der Waals surface area contributed by atoms with Crippen LogP contribution in [0.4, 0.5) is 9.18 Å². The quantitative estimate of drug-likeness (QED) is 0.137. The highest BCUT2D eigenvalue weighted by Crippen LogP contribution is 2.45. The van der Waals surface area contributed by atoms with E-state index in [1.165, 1.54) is 6.08 Å². The molecule has 5 atom stereocenters. The molecule has 0 radical (unpaired) electrons. The molecule has 0 aliphatic carbocycles.